The van der Waals surface area contributed by atoms with Gasteiger partial charge in [-0.25, -0.2) is 4.98 Å². The molecule has 0 fully saturated rings. The van der Waals surface area contributed by atoms with Crippen molar-refractivity contribution in [3.63, 3.8) is 0 Å². The maximum Gasteiger partial charge on any atom is 0.266 e. The van der Waals surface area contributed by atoms with Gasteiger partial charge in [0, 0.05) is 12.2 Å². The van der Waals surface area contributed by atoms with E-state index in [9.17, 15) is 9.59 Å². The van der Waals surface area contributed by atoms with E-state index in [0.29, 0.717) is 27.2 Å². The molecule has 0 atom stereocenters. The van der Waals surface area contributed by atoms with E-state index in [4.69, 9.17) is 0 Å². The molecule has 1 N–H and O–H groups in total. The Balaban J connectivity index is 1.97. The van der Waals surface area contributed by atoms with E-state index in [1.807, 2.05) is 38.1 Å². The van der Waals surface area contributed by atoms with Crippen LogP contribution in [0.15, 0.2) is 35.4 Å². The number of amides is 1. The van der Waals surface area contributed by atoms with Crippen LogP contribution in [0.25, 0.3) is 10.2 Å². The van der Waals surface area contributed by atoms with Crippen LogP contribution in [0.4, 0.5) is 5.69 Å². The third-order valence-corrected chi connectivity index (χ3v) is 5.35. The van der Waals surface area contributed by atoms with Gasteiger partial charge < -0.3 is 5.32 Å². The molecule has 1 amide bonds. The van der Waals surface area contributed by atoms with Gasteiger partial charge in [0.15, 0.2) is 0 Å². The molecule has 130 valence electrons. The van der Waals surface area contributed by atoms with Crippen molar-refractivity contribution >= 4 is 33.1 Å². The van der Waals surface area contributed by atoms with Gasteiger partial charge in [0.05, 0.1) is 16.6 Å². The van der Waals surface area contributed by atoms with Crippen LogP contribution >= 0.6 is 11.3 Å². The number of unbranched alkanes of at least 4 members (excludes halogenated alkanes) is 1. The van der Waals surface area contributed by atoms with Gasteiger partial charge in [0.25, 0.3) is 11.5 Å². The number of benzene rings is 1. The molecule has 2 heterocycles. The zero-order valence-electron chi connectivity index (χ0n) is 14.6. The number of carbonyl (C=O) groups excluding carboxylic acids is 1. The first kappa shape index (κ1) is 17.4. The molecular formula is C19H21N3O2S. The molecule has 0 saturated heterocycles. The fourth-order valence-electron chi connectivity index (χ4n) is 2.77. The third kappa shape index (κ3) is 3.49. The van der Waals surface area contributed by atoms with Gasteiger partial charge in [0.1, 0.15) is 4.83 Å². The van der Waals surface area contributed by atoms with Crippen LogP contribution in [0.5, 0.6) is 0 Å². The van der Waals surface area contributed by atoms with Crippen LogP contribution in [0, 0.1) is 13.8 Å². The Kier molecular flexibility index (Phi) is 4.99. The zero-order valence-corrected chi connectivity index (χ0v) is 15.4. The lowest BCUT2D eigenvalue weighted by molar-refractivity contribution is 0.103. The largest absolute Gasteiger partial charge is 0.321 e. The Morgan fingerprint density at radius 1 is 1.32 bits per heavy atom. The Bertz CT molecular complexity index is 988. The standard InChI is InChI=1S/C19H21N3O2S/c1-4-5-9-22-11-20-18-15(19(22)24)13(3)16(25-18)17(23)21-14-8-6-7-12(2)10-14/h6-8,10-11H,4-5,9H2,1-3H3,(H,21,23). The number of nitrogens with one attached hydrogen (secondary N) is 1. The summed E-state index contributed by atoms with van der Waals surface area (Å²) in [5.41, 5.74) is 2.46. The summed E-state index contributed by atoms with van der Waals surface area (Å²) in [7, 11) is 0. The van der Waals surface area contributed by atoms with Gasteiger partial charge in [-0.15, -0.1) is 11.3 Å². The van der Waals surface area contributed by atoms with Crippen molar-refractivity contribution in [3.05, 3.63) is 57.0 Å². The number of aromatic nitrogens is 2. The summed E-state index contributed by atoms with van der Waals surface area (Å²) in [6.45, 7) is 6.53. The van der Waals surface area contributed by atoms with E-state index in [-0.39, 0.29) is 11.5 Å². The van der Waals surface area contributed by atoms with E-state index in [2.05, 4.69) is 17.2 Å². The minimum atomic E-state index is -0.203. The molecule has 0 saturated carbocycles. The smallest absolute Gasteiger partial charge is 0.266 e. The number of anilines is 1. The topological polar surface area (TPSA) is 64.0 Å². The van der Waals surface area contributed by atoms with Crippen LogP contribution in [0.2, 0.25) is 0 Å². The molecule has 3 rings (SSSR count). The molecule has 2 aromatic heterocycles. The van der Waals surface area contributed by atoms with Crippen molar-refractivity contribution in [3.8, 4) is 0 Å². The molecule has 1 aromatic carbocycles. The highest BCUT2D eigenvalue weighted by molar-refractivity contribution is 7.20. The molecule has 0 bridgehead atoms. The number of rotatable bonds is 5. The van der Waals surface area contributed by atoms with Gasteiger partial charge in [0.2, 0.25) is 0 Å². The Labute approximate surface area is 150 Å². The lowest BCUT2D eigenvalue weighted by atomic mass is 10.2. The normalized spacial score (nSPS) is 11.0. The van der Waals surface area contributed by atoms with Gasteiger partial charge in [-0.2, -0.15) is 0 Å². The van der Waals surface area contributed by atoms with E-state index >= 15 is 0 Å². The molecular weight excluding hydrogens is 334 g/mol. The summed E-state index contributed by atoms with van der Waals surface area (Å²) in [5.74, 6) is -0.203. The summed E-state index contributed by atoms with van der Waals surface area (Å²) in [5, 5.41) is 3.46. The SMILES string of the molecule is CCCCn1cnc2sc(C(=O)Nc3cccc(C)c3)c(C)c2c1=O. The summed E-state index contributed by atoms with van der Waals surface area (Å²) in [6.07, 6.45) is 3.52. The van der Waals surface area contributed by atoms with E-state index in [1.165, 1.54) is 11.3 Å². The summed E-state index contributed by atoms with van der Waals surface area (Å²) >= 11 is 1.27. The van der Waals surface area contributed by atoms with Gasteiger partial charge in [-0.05, 0) is 43.5 Å². The van der Waals surface area contributed by atoms with Crippen molar-refractivity contribution in [2.24, 2.45) is 0 Å². The molecule has 0 aliphatic heterocycles. The minimum Gasteiger partial charge on any atom is -0.321 e. The minimum absolute atomic E-state index is 0.0678. The second-order valence-corrected chi connectivity index (χ2v) is 7.16. The predicted molar refractivity (Wildman–Crippen MR) is 103 cm³/mol. The second-order valence-electron chi connectivity index (χ2n) is 6.16. The lowest BCUT2D eigenvalue weighted by Crippen LogP contribution is -2.20. The molecule has 0 aliphatic carbocycles. The average Bonchev–Trinajstić information content (AvgIpc) is 2.92. The second kappa shape index (κ2) is 7.19. The highest BCUT2D eigenvalue weighted by Gasteiger charge is 2.19. The molecule has 0 unspecified atom stereocenters. The number of aryl methyl sites for hydroxylation is 3. The Hall–Kier alpha value is -2.47. The number of hydrogen-bond acceptors (Lipinski definition) is 4. The number of fused-ring (bicyclic) bond motifs is 1. The highest BCUT2D eigenvalue weighted by Crippen LogP contribution is 2.27. The summed E-state index contributed by atoms with van der Waals surface area (Å²) in [6, 6.07) is 7.64. The number of carbonyl (C=O) groups is 1. The molecule has 6 heteroatoms. The maximum absolute atomic E-state index is 12.7. The monoisotopic (exact) mass is 355 g/mol. The third-order valence-electron chi connectivity index (χ3n) is 4.15. The Morgan fingerprint density at radius 3 is 2.84 bits per heavy atom. The zero-order chi connectivity index (χ0) is 18.0. The first-order valence-electron chi connectivity index (χ1n) is 8.37. The van der Waals surface area contributed by atoms with Crippen molar-refractivity contribution in [1.29, 1.82) is 0 Å². The van der Waals surface area contributed by atoms with Crippen LogP contribution in [0.3, 0.4) is 0 Å². The Morgan fingerprint density at radius 2 is 2.12 bits per heavy atom. The molecule has 0 spiro atoms. The quantitative estimate of drug-likeness (QED) is 0.748. The molecule has 0 aliphatic rings. The van der Waals surface area contributed by atoms with Crippen LogP contribution in [-0.2, 0) is 6.54 Å². The van der Waals surface area contributed by atoms with Gasteiger partial charge in [-0.3, -0.25) is 14.2 Å². The average molecular weight is 355 g/mol. The van der Waals surface area contributed by atoms with Gasteiger partial charge >= 0.3 is 0 Å². The first-order valence-corrected chi connectivity index (χ1v) is 9.19. The van der Waals surface area contributed by atoms with E-state index < -0.39 is 0 Å². The first-order chi connectivity index (χ1) is 12.0. The highest BCUT2D eigenvalue weighted by atomic mass is 32.1. The number of hydrogen-bond donors (Lipinski definition) is 1. The molecule has 3 aromatic rings. The number of nitrogens with zero attached hydrogens (tertiary/aromatic N) is 2. The van der Waals surface area contributed by atoms with Crippen LogP contribution < -0.4 is 10.9 Å². The number of thiophene rings is 1. The molecule has 0 radical (unpaired) electrons. The van der Waals surface area contributed by atoms with Crippen LogP contribution in [0.1, 0.15) is 40.6 Å². The fraction of sp³-hybridized carbons (Fsp3) is 0.316. The van der Waals surface area contributed by atoms with Crippen LogP contribution in [-0.4, -0.2) is 15.5 Å². The van der Waals surface area contributed by atoms with E-state index in [0.717, 1.165) is 24.1 Å². The van der Waals surface area contributed by atoms with E-state index in [1.54, 1.807) is 10.9 Å². The fourth-order valence-corrected chi connectivity index (χ4v) is 3.81. The molecule has 5 nitrogen and oxygen atoms in total. The lowest BCUT2D eigenvalue weighted by Gasteiger charge is -2.05. The van der Waals surface area contributed by atoms with Crippen molar-refractivity contribution in [2.45, 2.75) is 40.2 Å². The van der Waals surface area contributed by atoms with Crippen molar-refractivity contribution < 1.29 is 4.79 Å². The molecule has 25 heavy (non-hydrogen) atoms. The summed E-state index contributed by atoms with van der Waals surface area (Å²) < 4.78 is 1.63. The maximum atomic E-state index is 12.7. The van der Waals surface area contributed by atoms with Crippen molar-refractivity contribution in [2.75, 3.05) is 5.32 Å². The van der Waals surface area contributed by atoms with Crippen molar-refractivity contribution in [1.82, 2.24) is 9.55 Å². The summed E-state index contributed by atoms with van der Waals surface area (Å²) in [4.78, 5) is 30.9. The van der Waals surface area contributed by atoms with Gasteiger partial charge in [-0.1, -0.05) is 25.5 Å². The predicted octanol–water partition coefficient (Wildman–Crippen LogP) is 4.13.